The molecule has 1 aliphatic heterocycles. The number of aryl methyl sites for hydroxylation is 1. The summed E-state index contributed by atoms with van der Waals surface area (Å²) in [5.41, 5.74) is 0. The maximum absolute atomic E-state index is 12.2. The van der Waals surface area contributed by atoms with Crippen molar-refractivity contribution < 1.29 is 14.3 Å². The highest BCUT2D eigenvalue weighted by Gasteiger charge is 2.28. The Bertz CT molecular complexity index is 484. The van der Waals surface area contributed by atoms with Gasteiger partial charge < -0.3 is 14.4 Å². The molecular weight excluding hydrogens is 272 g/mol. The van der Waals surface area contributed by atoms with E-state index in [2.05, 4.69) is 15.2 Å². The second-order valence-electron chi connectivity index (χ2n) is 5.70. The van der Waals surface area contributed by atoms with E-state index in [1.807, 2.05) is 6.92 Å². The molecule has 0 unspecified atom stereocenters. The Morgan fingerprint density at radius 2 is 2.29 bits per heavy atom. The number of hydrogen-bond acceptors (Lipinski definition) is 5. The van der Waals surface area contributed by atoms with Crippen molar-refractivity contribution in [3.8, 4) is 0 Å². The fraction of sp³-hybridized carbons (Fsp3) is 0.786. The van der Waals surface area contributed by atoms with Crippen LogP contribution in [-0.4, -0.2) is 58.4 Å². The van der Waals surface area contributed by atoms with Gasteiger partial charge in [-0.1, -0.05) is 12.8 Å². The Hall–Kier alpha value is -1.47. The second kappa shape index (κ2) is 6.53. The standard InChI is InChI=1S/C14H22N4O3/c1-10-15-14(17-16-10)12-8-18(6-7-20-12)13(19)9-21-11-4-2-3-5-11/h11-12H,2-9H2,1H3,(H,15,16,17)/t12-/m0/s1. The average molecular weight is 294 g/mol. The number of amides is 1. The van der Waals surface area contributed by atoms with Gasteiger partial charge in [-0.15, -0.1) is 0 Å². The Labute approximate surface area is 124 Å². The topological polar surface area (TPSA) is 80.3 Å². The third kappa shape index (κ3) is 3.59. The van der Waals surface area contributed by atoms with Crippen LogP contribution in [0, 0.1) is 6.92 Å². The summed E-state index contributed by atoms with van der Waals surface area (Å²) in [5.74, 6) is 1.39. The summed E-state index contributed by atoms with van der Waals surface area (Å²) in [6.45, 7) is 3.62. The van der Waals surface area contributed by atoms with Crippen LogP contribution >= 0.6 is 0 Å². The van der Waals surface area contributed by atoms with Crippen molar-refractivity contribution in [3.05, 3.63) is 11.6 Å². The maximum atomic E-state index is 12.2. The number of H-pyrrole nitrogens is 1. The van der Waals surface area contributed by atoms with Gasteiger partial charge in [-0.3, -0.25) is 9.89 Å². The van der Waals surface area contributed by atoms with Gasteiger partial charge in [0.2, 0.25) is 5.91 Å². The molecule has 2 fully saturated rings. The molecule has 1 saturated heterocycles. The van der Waals surface area contributed by atoms with E-state index in [4.69, 9.17) is 9.47 Å². The van der Waals surface area contributed by atoms with Gasteiger partial charge in [-0.25, -0.2) is 4.98 Å². The minimum absolute atomic E-state index is 0.0301. The number of hydrogen-bond donors (Lipinski definition) is 1. The van der Waals surface area contributed by atoms with Crippen molar-refractivity contribution in [1.29, 1.82) is 0 Å². The largest absolute Gasteiger partial charge is 0.368 e. The molecular formula is C14H22N4O3. The Morgan fingerprint density at radius 3 is 3.00 bits per heavy atom. The second-order valence-corrected chi connectivity index (χ2v) is 5.70. The first kappa shape index (κ1) is 14.5. The van der Waals surface area contributed by atoms with Gasteiger partial charge in [0.1, 0.15) is 18.5 Å². The molecule has 1 saturated carbocycles. The molecule has 0 aromatic carbocycles. The first-order valence-electron chi connectivity index (χ1n) is 7.62. The molecule has 7 nitrogen and oxygen atoms in total. The first-order valence-corrected chi connectivity index (χ1v) is 7.62. The molecule has 1 atom stereocenters. The SMILES string of the molecule is Cc1nc([C@@H]2CN(C(=O)COC3CCCC3)CCO2)n[nH]1. The van der Waals surface area contributed by atoms with Crippen LogP contribution in [0.2, 0.25) is 0 Å². The van der Waals surface area contributed by atoms with Crippen LogP contribution in [0.15, 0.2) is 0 Å². The summed E-state index contributed by atoms with van der Waals surface area (Å²) in [6.07, 6.45) is 4.59. The quantitative estimate of drug-likeness (QED) is 0.895. The molecule has 116 valence electrons. The van der Waals surface area contributed by atoms with Crippen molar-refractivity contribution in [3.63, 3.8) is 0 Å². The van der Waals surface area contributed by atoms with Crippen LogP contribution < -0.4 is 0 Å². The van der Waals surface area contributed by atoms with Gasteiger partial charge in [0.05, 0.1) is 19.3 Å². The number of aromatic nitrogens is 3. The molecule has 21 heavy (non-hydrogen) atoms. The minimum Gasteiger partial charge on any atom is -0.368 e. The molecule has 1 aliphatic carbocycles. The average Bonchev–Trinajstić information content (AvgIpc) is 3.16. The highest BCUT2D eigenvalue weighted by molar-refractivity contribution is 5.77. The summed E-state index contributed by atoms with van der Waals surface area (Å²) < 4.78 is 11.3. The zero-order valence-electron chi connectivity index (χ0n) is 12.4. The van der Waals surface area contributed by atoms with E-state index in [1.165, 1.54) is 12.8 Å². The lowest BCUT2D eigenvalue weighted by molar-refractivity contribution is -0.146. The summed E-state index contributed by atoms with van der Waals surface area (Å²) in [6, 6.07) is 0. The van der Waals surface area contributed by atoms with Crippen molar-refractivity contribution >= 4 is 5.91 Å². The van der Waals surface area contributed by atoms with Crippen LogP contribution in [0.3, 0.4) is 0 Å². The third-order valence-corrected chi connectivity index (χ3v) is 4.07. The van der Waals surface area contributed by atoms with Gasteiger partial charge in [-0.2, -0.15) is 5.10 Å². The predicted octanol–water partition coefficient (Wildman–Crippen LogP) is 0.972. The number of carbonyl (C=O) groups is 1. The molecule has 0 spiro atoms. The highest BCUT2D eigenvalue weighted by Crippen LogP contribution is 2.22. The van der Waals surface area contributed by atoms with Crippen LogP contribution in [0.25, 0.3) is 0 Å². The zero-order valence-corrected chi connectivity index (χ0v) is 12.4. The van der Waals surface area contributed by atoms with E-state index >= 15 is 0 Å². The summed E-state index contributed by atoms with van der Waals surface area (Å²) in [4.78, 5) is 18.3. The zero-order chi connectivity index (χ0) is 14.7. The molecule has 0 radical (unpaired) electrons. The molecule has 1 N–H and O–H groups in total. The summed E-state index contributed by atoms with van der Waals surface area (Å²) >= 11 is 0. The molecule has 1 aromatic rings. The van der Waals surface area contributed by atoms with E-state index in [0.717, 1.165) is 18.7 Å². The lowest BCUT2D eigenvalue weighted by Crippen LogP contribution is -2.44. The van der Waals surface area contributed by atoms with Crippen LogP contribution in [-0.2, 0) is 14.3 Å². The number of aromatic amines is 1. The van der Waals surface area contributed by atoms with Crippen molar-refractivity contribution in [1.82, 2.24) is 20.1 Å². The van der Waals surface area contributed by atoms with Gasteiger partial charge in [0, 0.05) is 6.54 Å². The lowest BCUT2D eigenvalue weighted by Gasteiger charge is -2.31. The Balaban J connectivity index is 1.51. The molecule has 0 bridgehead atoms. The first-order chi connectivity index (χ1) is 10.2. The van der Waals surface area contributed by atoms with E-state index in [-0.39, 0.29) is 24.7 Å². The van der Waals surface area contributed by atoms with Crippen LogP contribution in [0.4, 0.5) is 0 Å². The van der Waals surface area contributed by atoms with E-state index in [1.54, 1.807) is 4.90 Å². The van der Waals surface area contributed by atoms with E-state index in [0.29, 0.717) is 25.5 Å². The van der Waals surface area contributed by atoms with Crippen molar-refractivity contribution in [2.24, 2.45) is 0 Å². The Kier molecular flexibility index (Phi) is 4.50. The monoisotopic (exact) mass is 294 g/mol. The van der Waals surface area contributed by atoms with Crippen LogP contribution in [0.1, 0.15) is 43.4 Å². The fourth-order valence-electron chi connectivity index (χ4n) is 2.87. The lowest BCUT2D eigenvalue weighted by atomic mass is 10.2. The highest BCUT2D eigenvalue weighted by atomic mass is 16.5. The van der Waals surface area contributed by atoms with Crippen molar-refractivity contribution in [2.75, 3.05) is 26.3 Å². The predicted molar refractivity (Wildman–Crippen MR) is 74.6 cm³/mol. The minimum atomic E-state index is -0.251. The van der Waals surface area contributed by atoms with Gasteiger partial charge in [-0.05, 0) is 19.8 Å². The number of ether oxygens (including phenoxy) is 2. The molecule has 3 rings (SSSR count). The Morgan fingerprint density at radius 1 is 1.48 bits per heavy atom. The molecule has 1 amide bonds. The van der Waals surface area contributed by atoms with E-state index in [9.17, 15) is 4.79 Å². The maximum Gasteiger partial charge on any atom is 0.248 e. The molecule has 2 aliphatic rings. The van der Waals surface area contributed by atoms with Gasteiger partial charge in [0.15, 0.2) is 5.82 Å². The number of nitrogens with one attached hydrogen (secondary N) is 1. The summed E-state index contributed by atoms with van der Waals surface area (Å²) in [5, 5.41) is 6.91. The number of carbonyl (C=O) groups excluding carboxylic acids is 1. The third-order valence-electron chi connectivity index (χ3n) is 4.07. The van der Waals surface area contributed by atoms with E-state index < -0.39 is 0 Å². The van der Waals surface area contributed by atoms with Crippen molar-refractivity contribution in [2.45, 2.75) is 44.8 Å². The van der Waals surface area contributed by atoms with Gasteiger partial charge in [0.25, 0.3) is 0 Å². The summed E-state index contributed by atoms with van der Waals surface area (Å²) in [7, 11) is 0. The number of nitrogens with zero attached hydrogens (tertiary/aromatic N) is 3. The smallest absolute Gasteiger partial charge is 0.248 e. The molecule has 7 heteroatoms. The normalized spacial score (nSPS) is 23.7. The molecule has 1 aromatic heterocycles. The molecule has 2 heterocycles. The fourth-order valence-corrected chi connectivity index (χ4v) is 2.87. The van der Waals surface area contributed by atoms with Gasteiger partial charge >= 0.3 is 0 Å². The van der Waals surface area contributed by atoms with Crippen LogP contribution in [0.5, 0.6) is 0 Å². The number of morpholine rings is 1. The number of rotatable bonds is 4.